The maximum absolute atomic E-state index is 12.5. The highest BCUT2D eigenvalue weighted by atomic mass is 32.2. The van der Waals surface area contributed by atoms with E-state index in [4.69, 9.17) is 0 Å². The number of thioether (sulfide) groups is 1. The van der Waals surface area contributed by atoms with Gasteiger partial charge >= 0.3 is 0 Å². The minimum atomic E-state index is -0.333. The first-order chi connectivity index (χ1) is 8.01. The first-order valence-corrected chi connectivity index (χ1v) is 7.92. The van der Waals surface area contributed by atoms with E-state index < -0.39 is 0 Å². The van der Waals surface area contributed by atoms with Gasteiger partial charge in [-0.1, -0.05) is 0 Å². The summed E-state index contributed by atoms with van der Waals surface area (Å²) < 4.78 is 0. The van der Waals surface area contributed by atoms with Crippen molar-refractivity contribution in [3.63, 3.8) is 0 Å². The molecule has 0 aromatic rings. The maximum atomic E-state index is 12.5. The fraction of sp³-hybridized carbons (Fsp3) is 0.923. The summed E-state index contributed by atoms with van der Waals surface area (Å²) in [7, 11) is 1.94. The van der Waals surface area contributed by atoms with Crippen LogP contribution >= 0.6 is 11.8 Å². The second-order valence-electron chi connectivity index (χ2n) is 5.26. The smallest absolute Gasteiger partial charge is 0.242 e. The Kier molecular flexibility index (Phi) is 5.80. The number of likely N-dealkylation sites (N-methyl/N-ethyl adjacent to an activating group) is 1. The Bertz CT molecular complexity index is 252. The van der Waals surface area contributed by atoms with Gasteiger partial charge in [0.25, 0.3) is 0 Å². The number of carbonyl (C=O) groups is 1. The van der Waals surface area contributed by atoms with E-state index in [1.165, 1.54) is 6.42 Å². The Balaban J connectivity index is 2.55. The van der Waals surface area contributed by atoms with Crippen molar-refractivity contribution in [2.24, 2.45) is 0 Å². The van der Waals surface area contributed by atoms with Crippen molar-refractivity contribution in [2.45, 2.75) is 51.1 Å². The number of rotatable bonds is 5. The van der Waals surface area contributed by atoms with E-state index in [0.717, 1.165) is 31.6 Å². The molecule has 17 heavy (non-hydrogen) atoms. The first-order valence-electron chi connectivity index (χ1n) is 6.52. The Morgan fingerprint density at radius 1 is 1.53 bits per heavy atom. The zero-order valence-corrected chi connectivity index (χ0v) is 12.4. The molecule has 0 bridgehead atoms. The molecule has 0 aromatic carbocycles. The summed E-state index contributed by atoms with van der Waals surface area (Å²) in [5, 5.41) is 3.39. The number of hydrogen-bond acceptors (Lipinski definition) is 3. The van der Waals surface area contributed by atoms with E-state index >= 15 is 0 Å². The number of nitrogens with one attached hydrogen (secondary N) is 1. The van der Waals surface area contributed by atoms with Gasteiger partial charge in [-0.05, 0) is 58.1 Å². The molecule has 1 aliphatic heterocycles. The average molecular weight is 258 g/mol. The van der Waals surface area contributed by atoms with Gasteiger partial charge in [-0.2, -0.15) is 11.8 Å². The van der Waals surface area contributed by atoms with Crippen molar-refractivity contribution in [3.8, 4) is 0 Å². The van der Waals surface area contributed by atoms with Crippen LogP contribution in [0.4, 0.5) is 0 Å². The highest BCUT2D eigenvalue weighted by Crippen LogP contribution is 2.22. The van der Waals surface area contributed by atoms with Gasteiger partial charge in [0.05, 0.1) is 5.54 Å². The SMILES string of the molecule is CSCCC(C)N(C)C(=O)C1(C)CCCCN1. The van der Waals surface area contributed by atoms with Gasteiger partial charge < -0.3 is 10.2 Å². The van der Waals surface area contributed by atoms with Gasteiger partial charge in [0.15, 0.2) is 0 Å². The van der Waals surface area contributed by atoms with Crippen molar-refractivity contribution >= 4 is 17.7 Å². The third-order valence-corrected chi connectivity index (χ3v) is 4.46. The first kappa shape index (κ1) is 14.8. The molecule has 1 N–H and O–H groups in total. The minimum absolute atomic E-state index is 0.255. The predicted octanol–water partition coefficient (Wildman–Crippen LogP) is 2.12. The number of hydrogen-bond donors (Lipinski definition) is 1. The topological polar surface area (TPSA) is 32.3 Å². The van der Waals surface area contributed by atoms with Gasteiger partial charge in [0.1, 0.15) is 0 Å². The maximum Gasteiger partial charge on any atom is 0.242 e. The molecule has 0 saturated carbocycles. The van der Waals surface area contributed by atoms with Crippen LogP contribution in [-0.2, 0) is 4.79 Å². The van der Waals surface area contributed by atoms with E-state index in [1.807, 2.05) is 30.6 Å². The van der Waals surface area contributed by atoms with Crippen molar-refractivity contribution < 1.29 is 4.79 Å². The molecule has 1 rings (SSSR count). The van der Waals surface area contributed by atoms with Gasteiger partial charge in [-0.3, -0.25) is 4.79 Å². The van der Waals surface area contributed by atoms with E-state index in [-0.39, 0.29) is 11.4 Å². The third kappa shape index (κ3) is 3.88. The van der Waals surface area contributed by atoms with E-state index in [0.29, 0.717) is 6.04 Å². The summed E-state index contributed by atoms with van der Waals surface area (Å²) in [6, 6.07) is 0.329. The lowest BCUT2D eigenvalue weighted by Crippen LogP contribution is -2.58. The summed E-state index contributed by atoms with van der Waals surface area (Å²) in [4.78, 5) is 14.4. The van der Waals surface area contributed by atoms with E-state index in [1.54, 1.807) is 0 Å². The standard InChI is InChI=1S/C13H26N2OS/c1-11(7-10-17-4)15(3)12(16)13(2)8-5-6-9-14-13/h11,14H,5-10H2,1-4H3. The van der Waals surface area contributed by atoms with Crippen molar-refractivity contribution in [2.75, 3.05) is 25.6 Å². The van der Waals surface area contributed by atoms with Crippen LogP contribution in [0.15, 0.2) is 0 Å². The highest BCUT2D eigenvalue weighted by molar-refractivity contribution is 7.98. The second-order valence-corrected chi connectivity index (χ2v) is 6.25. The summed E-state index contributed by atoms with van der Waals surface area (Å²) in [5.41, 5.74) is -0.333. The molecule has 0 spiro atoms. The quantitative estimate of drug-likeness (QED) is 0.820. The second kappa shape index (κ2) is 6.64. The van der Waals surface area contributed by atoms with Crippen LogP contribution in [-0.4, -0.2) is 48.0 Å². The predicted molar refractivity (Wildman–Crippen MR) is 75.5 cm³/mol. The highest BCUT2D eigenvalue weighted by Gasteiger charge is 2.37. The molecule has 1 fully saturated rings. The van der Waals surface area contributed by atoms with Crippen LogP contribution in [0.5, 0.6) is 0 Å². The molecule has 3 nitrogen and oxygen atoms in total. The number of carbonyl (C=O) groups excluding carboxylic acids is 1. The van der Waals surface area contributed by atoms with Crippen molar-refractivity contribution in [3.05, 3.63) is 0 Å². The molecular formula is C13H26N2OS. The third-order valence-electron chi connectivity index (χ3n) is 3.81. The Morgan fingerprint density at radius 2 is 2.24 bits per heavy atom. The van der Waals surface area contributed by atoms with E-state index in [9.17, 15) is 4.79 Å². The summed E-state index contributed by atoms with van der Waals surface area (Å²) in [6.45, 7) is 5.15. The van der Waals surface area contributed by atoms with Gasteiger partial charge in [-0.25, -0.2) is 0 Å². The lowest BCUT2D eigenvalue weighted by Gasteiger charge is -2.38. The minimum Gasteiger partial charge on any atom is -0.341 e. The van der Waals surface area contributed by atoms with Gasteiger partial charge in [-0.15, -0.1) is 0 Å². The van der Waals surface area contributed by atoms with E-state index in [2.05, 4.69) is 18.5 Å². The molecular weight excluding hydrogens is 232 g/mol. The monoisotopic (exact) mass is 258 g/mol. The Labute approximate surface area is 110 Å². The molecule has 100 valence electrons. The molecule has 1 amide bonds. The van der Waals surface area contributed by atoms with Crippen LogP contribution < -0.4 is 5.32 Å². The summed E-state index contributed by atoms with van der Waals surface area (Å²) in [5.74, 6) is 1.37. The van der Waals surface area contributed by atoms with Crippen LogP contribution in [0.25, 0.3) is 0 Å². The van der Waals surface area contributed by atoms with Crippen LogP contribution in [0.1, 0.15) is 39.5 Å². The average Bonchev–Trinajstić information content (AvgIpc) is 2.35. The largest absolute Gasteiger partial charge is 0.341 e. The summed E-state index contributed by atoms with van der Waals surface area (Å²) >= 11 is 1.84. The summed E-state index contributed by atoms with van der Waals surface area (Å²) in [6.07, 6.45) is 6.49. The molecule has 1 heterocycles. The van der Waals surface area contributed by atoms with Crippen LogP contribution in [0.3, 0.4) is 0 Å². The molecule has 4 heteroatoms. The number of piperidine rings is 1. The molecule has 0 aromatic heterocycles. The number of amides is 1. The fourth-order valence-electron chi connectivity index (χ4n) is 2.31. The normalized spacial score (nSPS) is 26.6. The fourth-order valence-corrected chi connectivity index (χ4v) is 2.89. The van der Waals surface area contributed by atoms with Crippen molar-refractivity contribution in [1.82, 2.24) is 10.2 Å². The lowest BCUT2D eigenvalue weighted by atomic mass is 9.89. The molecule has 2 unspecified atom stereocenters. The molecule has 0 aliphatic carbocycles. The van der Waals surface area contributed by atoms with Gasteiger partial charge in [0.2, 0.25) is 5.91 Å². The van der Waals surface area contributed by atoms with Crippen LogP contribution in [0, 0.1) is 0 Å². The molecule has 1 saturated heterocycles. The van der Waals surface area contributed by atoms with Crippen LogP contribution in [0.2, 0.25) is 0 Å². The molecule has 2 atom stereocenters. The van der Waals surface area contributed by atoms with Crippen molar-refractivity contribution in [1.29, 1.82) is 0 Å². The molecule has 0 radical (unpaired) electrons. The Morgan fingerprint density at radius 3 is 2.76 bits per heavy atom. The molecule has 1 aliphatic rings. The number of nitrogens with zero attached hydrogens (tertiary/aromatic N) is 1. The zero-order chi connectivity index (χ0) is 12.9. The van der Waals surface area contributed by atoms with Gasteiger partial charge in [0, 0.05) is 13.1 Å². The zero-order valence-electron chi connectivity index (χ0n) is 11.6. The lowest BCUT2D eigenvalue weighted by molar-refractivity contribution is -0.139. The Hall–Kier alpha value is -0.220.